The number of esters is 2. The molecule has 0 saturated carbocycles. The Labute approximate surface area is 204 Å². The SMILES string of the molecule is CCOC(=O)C1=Cc2cc(C(C)(C)C)c(O)c(O)c2[C@H](c2ccc(O)c(OC)c2)[C@H]1C(=O)OCC. The molecule has 0 radical (unpaired) electrons. The summed E-state index contributed by atoms with van der Waals surface area (Å²) in [5.74, 6) is -4.15. The molecular formula is C27H32O8. The van der Waals surface area contributed by atoms with E-state index in [-0.39, 0.29) is 41.6 Å². The van der Waals surface area contributed by atoms with Crippen molar-refractivity contribution in [2.45, 2.75) is 46.0 Å². The third-order valence-corrected chi connectivity index (χ3v) is 6.06. The van der Waals surface area contributed by atoms with Crippen LogP contribution < -0.4 is 4.74 Å². The average Bonchev–Trinajstić information content (AvgIpc) is 2.80. The molecule has 0 fully saturated rings. The van der Waals surface area contributed by atoms with Crippen LogP contribution in [0.15, 0.2) is 29.8 Å². The second-order valence-corrected chi connectivity index (χ2v) is 9.33. The van der Waals surface area contributed by atoms with Gasteiger partial charge in [-0.3, -0.25) is 4.79 Å². The predicted molar refractivity (Wildman–Crippen MR) is 130 cm³/mol. The lowest BCUT2D eigenvalue weighted by atomic mass is 9.69. The molecule has 0 bridgehead atoms. The van der Waals surface area contributed by atoms with E-state index in [9.17, 15) is 24.9 Å². The lowest BCUT2D eigenvalue weighted by Crippen LogP contribution is -2.33. The predicted octanol–water partition coefficient (Wildman–Crippen LogP) is 4.38. The number of phenols is 3. The quantitative estimate of drug-likeness (QED) is 0.408. The summed E-state index contributed by atoms with van der Waals surface area (Å²) < 4.78 is 15.8. The third kappa shape index (κ3) is 4.78. The van der Waals surface area contributed by atoms with Crippen LogP contribution in [0.5, 0.6) is 23.0 Å². The Bertz CT molecular complexity index is 1170. The number of carbonyl (C=O) groups excluding carboxylic acids is 2. The first-order valence-electron chi connectivity index (χ1n) is 11.5. The molecule has 0 unspecified atom stereocenters. The van der Waals surface area contributed by atoms with Crippen molar-refractivity contribution >= 4 is 18.0 Å². The first-order chi connectivity index (χ1) is 16.5. The fourth-order valence-electron chi connectivity index (χ4n) is 4.46. The molecule has 3 N–H and O–H groups in total. The molecule has 2 aromatic carbocycles. The number of ether oxygens (including phenoxy) is 3. The van der Waals surface area contributed by atoms with Gasteiger partial charge in [0.05, 0.1) is 25.9 Å². The van der Waals surface area contributed by atoms with Crippen molar-refractivity contribution in [1.82, 2.24) is 0 Å². The van der Waals surface area contributed by atoms with E-state index in [1.54, 1.807) is 26.0 Å². The Balaban J connectivity index is 2.42. The van der Waals surface area contributed by atoms with Crippen LogP contribution in [0, 0.1) is 5.92 Å². The number of aromatic hydroxyl groups is 3. The highest BCUT2D eigenvalue weighted by molar-refractivity contribution is 6.02. The van der Waals surface area contributed by atoms with Crippen LogP contribution in [0.1, 0.15) is 62.8 Å². The van der Waals surface area contributed by atoms with Gasteiger partial charge in [0.2, 0.25) is 0 Å². The van der Waals surface area contributed by atoms with Gasteiger partial charge in [-0.05, 0) is 54.7 Å². The molecule has 8 heteroatoms. The van der Waals surface area contributed by atoms with Gasteiger partial charge < -0.3 is 29.5 Å². The number of phenolic OH excluding ortho intramolecular Hbond substituents is 3. The molecule has 0 saturated heterocycles. The first kappa shape index (κ1) is 25.9. The lowest BCUT2D eigenvalue weighted by Gasteiger charge is -2.34. The number of carbonyl (C=O) groups is 2. The summed E-state index contributed by atoms with van der Waals surface area (Å²) >= 11 is 0. The number of fused-ring (bicyclic) bond motifs is 1. The van der Waals surface area contributed by atoms with E-state index in [1.807, 2.05) is 20.8 Å². The summed E-state index contributed by atoms with van der Waals surface area (Å²) in [4.78, 5) is 26.3. The Morgan fingerprint density at radius 3 is 2.20 bits per heavy atom. The fraction of sp³-hybridized carbons (Fsp3) is 0.407. The summed E-state index contributed by atoms with van der Waals surface area (Å²) in [5.41, 5.74) is 1.21. The Morgan fingerprint density at radius 1 is 0.971 bits per heavy atom. The zero-order chi connectivity index (χ0) is 26.1. The topological polar surface area (TPSA) is 123 Å². The number of hydrogen-bond donors (Lipinski definition) is 3. The normalized spacial score (nSPS) is 17.3. The van der Waals surface area contributed by atoms with Gasteiger partial charge in [0.15, 0.2) is 23.0 Å². The van der Waals surface area contributed by atoms with Crippen LogP contribution in [0.4, 0.5) is 0 Å². The minimum Gasteiger partial charge on any atom is -0.504 e. The summed E-state index contributed by atoms with van der Waals surface area (Å²) in [7, 11) is 1.39. The highest BCUT2D eigenvalue weighted by atomic mass is 16.5. The van der Waals surface area contributed by atoms with E-state index in [1.165, 1.54) is 25.3 Å². The summed E-state index contributed by atoms with van der Waals surface area (Å²) in [6.45, 7) is 9.15. The molecule has 8 nitrogen and oxygen atoms in total. The van der Waals surface area contributed by atoms with E-state index >= 15 is 0 Å². The minimum absolute atomic E-state index is 0.0693. The molecule has 0 aliphatic heterocycles. The molecule has 35 heavy (non-hydrogen) atoms. The molecule has 188 valence electrons. The van der Waals surface area contributed by atoms with Crippen LogP contribution in [0.3, 0.4) is 0 Å². The van der Waals surface area contributed by atoms with Crippen LogP contribution >= 0.6 is 0 Å². The van der Waals surface area contributed by atoms with Crippen molar-refractivity contribution in [2.24, 2.45) is 5.92 Å². The van der Waals surface area contributed by atoms with E-state index in [0.717, 1.165) is 0 Å². The van der Waals surface area contributed by atoms with E-state index < -0.39 is 34.9 Å². The molecule has 0 amide bonds. The van der Waals surface area contributed by atoms with Gasteiger partial charge in [-0.25, -0.2) is 4.79 Å². The Hall–Kier alpha value is -3.68. The smallest absolute Gasteiger partial charge is 0.334 e. The standard InChI is InChI=1S/C27H32O8/c1-7-34-25(31)16-11-15-12-17(27(3,4)5)23(29)24(30)21(15)20(22(16)26(32)35-8-2)14-9-10-18(28)19(13-14)33-6/h9-13,20,22,28-30H,7-8H2,1-6H3/t20-,22-/m0/s1. The van der Waals surface area contributed by atoms with Crippen molar-refractivity contribution in [3.8, 4) is 23.0 Å². The van der Waals surface area contributed by atoms with Crippen molar-refractivity contribution < 1.29 is 39.1 Å². The average molecular weight is 485 g/mol. The summed E-state index contributed by atoms with van der Waals surface area (Å²) in [5, 5.41) is 32.3. The lowest BCUT2D eigenvalue weighted by molar-refractivity contribution is -0.150. The number of benzene rings is 2. The highest BCUT2D eigenvalue weighted by Gasteiger charge is 2.45. The molecule has 0 spiro atoms. The molecule has 0 aromatic heterocycles. The van der Waals surface area contributed by atoms with Crippen LogP contribution in [0.2, 0.25) is 0 Å². The highest BCUT2D eigenvalue weighted by Crippen LogP contribution is 2.52. The summed E-state index contributed by atoms with van der Waals surface area (Å²) in [6.07, 6.45) is 1.51. The van der Waals surface area contributed by atoms with E-state index in [4.69, 9.17) is 14.2 Å². The molecule has 2 aromatic rings. The third-order valence-electron chi connectivity index (χ3n) is 6.06. The maximum absolute atomic E-state index is 13.3. The van der Waals surface area contributed by atoms with Gasteiger partial charge >= 0.3 is 11.9 Å². The number of rotatable bonds is 6. The van der Waals surface area contributed by atoms with Crippen molar-refractivity contribution in [2.75, 3.05) is 20.3 Å². The molecule has 2 atom stereocenters. The van der Waals surface area contributed by atoms with Gasteiger partial charge in [0.1, 0.15) is 5.92 Å². The fourth-order valence-corrected chi connectivity index (χ4v) is 4.46. The number of methoxy groups -OCH3 is 1. The number of hydrogen-bond acceptors (Lipinski definition) is 8. The maximum atomic E-state index is 13.3. The van der Waals surface area contributed by atoms with Crippen LogP contribution in [-0.2, 0) is 24.5 Å². The molecule has 0 heterocycles. The van der Waals surface area contributed by atoms with Crippen molar-refractivity contribution in [1.29, 1.82) is 0 Å². The largest absolute Gasteiger partial charge is 0.504 e. The van der Waals surface area contributed by atoms with Crippen molar-refractivity contribution in [3.63, 3.8) is 0 Å². The second kappa shape index (κ2) is 9.90. The Morgan fingerprint density at radius 2 is 1.63 bits per heavy atom. The maximum Gasteiger partial charge on any atom is 0.334 e. The second-order valence-electron chi connectivity index (χ2n) is 9.33. The Kier molecular flexibility index (Phi) is 7.33. The zero-order valence-corrected chi connectivity index (χ0v) is 20.8. The van der Waals surface area contributed by atoms with Crippen LogP contribution in [0.25, 0.3) is 6.08 Å². The minimum atomic E-state index is -1.18. The van der Waals surface area contributed by atoms with Gasteiger partial charge in [-0.1, -0.05) is 26.8 Å². The summed E-state index contributed by atoms with van der Waals surface area (Å²) in [6, 6.07) is 6.20. The monoisotopic (exact) mass is 484 g/mol. The molecule has 1 aliphatic rings. The van der Waals surface area contributed by atoms with Crippen LogP contribution in [-0.4, -0.2) is 47.6 Å². The van der Waals surface area contributed by atoms with Gasteiger partial charge in [0.25, 0.3) is 0 Å². The zero-order valence-electron chi connectivity index (χ0n) is 20.8. The van der Waals surface area contributed by atoms with E-state index in [0.29, 0.717) is 16.7 Å². The van der Waals surface area contributed by atoms with Gasteiger partial charge in [-0.2, -0.15) is 0 Å². The molecular weight excluding hydrogens is 452 g/mol. The van der Waals surface area contributed by atoms with Gasteiger partial charge in [0, 0.05) is 17.0 Å². The molecule has 3 rings (SSSR count). The first-order valence-corrected chi connectivity index (χ1v) is 11.5. The molecule has 1 aliphatic carbocycles. The van der Waals surface area contributed by atoms with Gasteiger partial charge in [-0.15, -0.1) is 0 Å². The van der Waals surface area contributed by atoms with E-state index in [2.05, 4.69) is 0 Å². The van der Waals surface area contributed by atoms with Crippen molar-refractivity contribution in [3.05, 3.63) is 52.1 Å².